The molecule has 1 aliphatic heterocycles. The fraction of sp³-hybridized carbons (Fsp3) is 0.333. The largest absolute Gasteiger partial charge is 0.390 e. The average Bonchev–Trinajstić information content (AvgIpc) is 2.46. The molecule has 2 nitrogen and oxygen atoms in total. The molecule has 0 amide bonds. The predicted octanol–water partition coefficient (Wildman–Crippen LogP) is 5.50. The van der Waals surface area contributed by atoms with Crippen molar-refractivity contribution in [3.63, 3.8) is 0 Å². The van der Waals surface area contributed by atoms with E-state index in [1.54, 1.807) is 0 Å². The summed E-state index contributed by atoms with van der Waals surface area (Å²) in [6.07, 6.45) is 0.592. The molecule has 116 valence electrons. The van der Waals surface area contributed by atoms with Gasteiger partial charge in [-0.15, -0.1) is 0 Å². The van der Waals surface area contributed by atoms with Crippen LogP contribution in [0.2, 0.25) is 24.7 Å². The molecule has 2 atom stereocenters. The van der Waals surface area contributed by atoms with E-state index in [2.05, 4.69) is 37.8 Å². The van der Waals surface area contributed by atoms with Gasteiger partial charge in [-0.05, 0) is 42.9 Å². The molecular formula is C18H21ClO2Si. The van der Waals surface area contributed by atoms with Crippen LogP contribution in [0, 0.1) is 0 Å². The number of ether oxygens (including phenoxy) is 1. The van der Waals surface area contributed by atoms with E-state index < -0.39 is 8.32 Å². The van der Waals surface area contributed by atoms with Crippen LogP contribution in [-0.4, -0.2) is 8.32 Å². The van der Waals surface area contributed by atoms with Gasteiger partial charge in [0.15, 0.2) is 14.6 Å². The van der Waals surface area contributed by atoms with Crippen molar-refractivity contribution in [2.45, 2.75) is 38.5 Å². The second kappa shape index (κ2) is 6.17. The zero-order valence-electron chi connectivity index (χ0n) is 13.2. The Balaban J connectivity index is 1.92. The Bertz CT molecular complexity index is 649. The van der Waals surface area contributed by atoms with Crippen LogP contribution in [-0.2, 0) is 15.6 Å². The minimum atomic E-state index is -1.70. The van der Waals surface area contributed by atoms with E-state index in [0.29, 0.717) is 0 Å². The third-order valence-corrected chi connectivity index (χ3v) is 4.88. The molecule has 2 aromatic rings. The zero-order chi connectivity index (χ0) is 15.7. The molecule has 1 heterocycles. The fourth-order valence-corrected chi connectivity index (χ4v) is 3.66. The summed E-state index contributed by atoms with van der Waals surface area (Å²) < 4.78 is 12.6. The Morgan fingerprint density at radius 2 is 1.73 bits per heavy atom. The topological polar surface area (TPSA) is 18.5 Å². The van der Waals surface area contributed by atoms with Crippen molar-refractivity contribution in [2.24, 2.45) is 0 Å². The van der Waals surface area contributed by atoms with Crippen molar-refractivity contribution in [2.75, 3.05) is 0 Å². The molecule has 0 aliphatic carbocycles. The Morgan fingerprint density at radius 1 is 1.05 bits per heavy atom. The van der Waals surface area contributed by atoms with E-state index in [4.69, 9.17) is 20.8 Å². The van der Waals surface area contributed by atoms with Gasteiger partial charge in [0.2, 0.25) is 0 Å². The van der Waals surface area contributed by atoms with Crippen LogP contribution < -0.4 is 0 Å². The smallest absolute Gasteiger partial charge is 0.187 e. The van der Waals surface area contributed by atoms with Crippen LogP contribution in [0.15, 0.2) is 48.5 Å². The minimum absolute atomic E-state index is 0.00789. The molecule has 0 unspecified atom stereocenters. The third kappa shape index (κ3) is 3.61. The normalized spacial score (nSPS) is 21.5. The molecule has 1 aliphatic rings. The highest BCUT2D eigenvalue weighted by atomic mass is 35.5. The lowest BCUT2D eigenvalue weighted by atomic mass is 9.94. The summed E-state index contributed by atoms with van der Waals surface area (Å²) in [5, 5.41) is 0.745. The van der Waals surface area contributed by atoms with Gasteiger partial charge in [0.05, 0.1) is 6.10 Å². The molecule has 0 fully saturated rings. The van der Waals surface area contributed by atoms with Crippen molar-refractivity contribution in [3.8, 4) is 0 Å². The molecule has 22 heavy (non-hydrogen) atoms. The highest BCUT2D eigenvalue weighted by molar-refractivity contribution is 6.69. The number of hydrogen-bond acceptors (Lipinski definition) is 2. The first-order valence-electron chi connectivity index (χ1n) is 7.59. The van der Waals surface area contributed by atoms with Gasteiger partial charge in [-0.3, -0.25) is 0 Å². The van der Waals surface area contributed by atoms with Crippen LogP contribution in [0.5, 0.6) is 0 Å². The quantitative estimate of drug-likeness (QED) is 0.690. The first-order valence-corrected chi connectivity index (χ1v) is 11.4. The number of halogens is 1. The second-order valence-electron chi connectivity index (χ2n) is 6.64. The molecule has 4 heteroatoms. The molecule has 0 saturated carbocycles. The van der Waals surface area contributed by atoms with Crippen LogP contribution >= 0.6 is 11.6 Å². The first-order chi connectivity index (χ1) is 10.4. The van der Waals surface area contributed by atoms with Crippen LogP contribution in [0.4, 0.5) is 0 Å². The fourth-order valence-electron chi connectivity index (χ4n) is 2.71. The Morgan fingerprint density at radius 3 is 2.41 bits per heavy atom. The molecule has 0 radical (unpaired) electrons. The van der Waals surface area contributed by atoms with Crippen LogP contribution in [0.1, 0.15) is 29.1 Å². The molecule has 3 rings (SSSR count). The van der Waals surface area contributed by atoms with Gasteiger partial charge in [0, 0.05) is 17.0 Å². The second-order valence-corrected chi connectivity index (χ2v) is 11.5. The lowest BCUT2D eigenvalue weighted by Crippen LogP contribution is -2.32. The van der Waals surface area contributed by atoms with Crippen LogP contribution in [0.25, 0.3) is 0 Å². The van der Waals surface area contributed by atoms with Gasteiger partial charge in [-0.1, -0.05) is 48.0 Å². The van der Waals surface area contributed by atoms with E-state index in [9.17, 15) is 0 Å². The van der Waals surface area contributed by atoms with Crippen molar-refractivity contribution in [1.82, 2.24) is 0 Å². The van der Waals surface area contributed by atoms with E-state index >= 15 is 0 Å². The summed E-state index contributed by atoms with van der Waals surface area (Å²) >= 11 is 5.99. The van der Waals surface area contributed by atoms with Gasteiger partial charge in [0.25, 0.3) is 0 Å². The molecule has 0 bridgehead atoms. The maximum Gasteiger partial charge on any atom is 0.187 e. The predicted molar refractivity (Wildman–Crippen MR) is 92.6 cm³/mol. The molecule has 2 aromatic carbocycles. The summed E-state index contributed by atoms with van der Waals surface area (Å²) in [6, 6.07) is 16.3. The van der Waals surface area contributed by atoms with Crippen LogP contribution in [0.3, 0.4) is 0 Å². The summed E-state index contributed by atoms with van der Waals surface area (Å²) in [4.78, 5) is 0. The van der Waals surface area contributed by atoms with E-state index in [1.165, 1.54) is 5.56 Å². The number of rotatable bonds is 3. The molecule has 0 spiro atoms. The average molecular weight is 333 g/mol. The number of fused-ring (bicyclic) bond motifs is 1. The minimum Gasteiger partial charge on any atom is -0.390 e. The van der Waals surface area contributed by atoms with E-state index in [0.717, 1.165) is 22.6 Å². The monoisotopic (exact) mass is 332 g/mol. The molecule has 0 saturated heterocycles. The third-order valence-electron chi connectivity index (χ3n) is 3.70. The summed E-state index contributed by atoms with van der Waals surface area (Å²) in [7, 11) is -1.70. The molecule has 0 aromatic heterocycles. The van der Waals surface area contributed by atoms with Gasteiger partial charge in [-0.2, -0.15) is 0 Å². The van der Waals surface area contributed by atoms with E-state index in [-0.39, 0.29) is 12.4 Å². The maximum atomic E-state index is 6.28. The highest BCUT2D eigenvalue weighted by Crippen LogP contribution is 2.39. The van der Waals surface area contributed by atoms with Gasteiger partial charge >= 0.3 is 0 Å². The number of benzene rings is 2. The van der Waals surface area contributed by atoms with Gasteiger partial charge < -0.3 is 9.16 Å². The summed E-state index contributed by atoms with van der Waals surface area (Å²) in [6.45, 7) is 6.56. The zero-order valence-corrected chi connectivity index (χ0v) is 14.9. The first kappa shape index (κ1) is 15.8. The molecular weight excluding hydrogens is 312 g/mol. The summed E-state index contributed by atoms with van der Waals surface area (Å²) in [5.41, 5.74) is 3.61. The SMILES string of the molecule is C[Si](C)(C)O[C@@H]1O[C@@H](c2ccc(Cl)cc2)Cc2ccccc21. The van der Waals surface area contributed by atoms with Crippen molar-refractivity contribution in [3.05, 3.63) is 70.2 Å². The highest BCUT2D eigenvalue weighted by Gasteiger charge is 2.32. The lowest BCUT2D eigenvalue weighted by molar-refractivity contribution is -0.139. The van der Waals surface area contributed by atoms with E-state index in [1.807, 2.05) is 30.3 Å². The Kier molecular flexibility index (Phi) is 4.41. The van der Waals surface area contributed by atoms with Crippen molar-refractivity contribution in [1.29, 1.82) is 0 Å². The lowest BCUT2D eigenvalue weighted by Gasteiger charge is -2.35. The van der Waals surface area contributed by atoms with Crippen molar-refractivity contribution < 1.29 is 9.16 Å². The standard InChI is InChI=1S/C18H21ClO2Si/c1-22(2,3)21-18-16-7-5-4-6-14(16)12-17(20-18)13-8-10-15(19)11-9-13/h4-11,17-18H,12H2,1-3H3/t17-,18+/m1/s1. The summed E-state index contributed by atoms with van der Waals surface area (Å²) in [5.74, 6) is 0. The number of hydrogen-bond donors (Lipinski definition) is 0. The van der Waals surface area contributed by atoms with Crippen molar-refractivity contribution >= 4 is 19.9 Å². The maximum absolute atomic E-state index is 6.28. The Hall–Kier alpha value is -1.13. The Labute approximate surface area is 138 Å². The van der Waals surface area contributed by atoms with Gasteiger partial charge in [-0.25, -0.2) is 0 Å². The molecule has 0 N–H and O–H groups in total. The van der Waals surface area contributed by atoms with Gasteiger partial charge in [0.1, 0.15) is 0 Å².